The zero-order valence-corrected chi connectivity index (χ0v) is 6.82. The summed E-state index contributed by atoms with van der Waals surface area (Å²) in [5.41, 5.74) is 1.11. The van der Waals surface area contributed by atoms with E-state index in [1.165, 1.54) is 0 Å². The van der Waals surface area contributed by atoms with Crippen molar-refractivity contribution in [1.29, 1.82) is 0 Å². The Kier molecular flexibility index (Phi) is 2.86. The van der Waals surface area contributed by atoms with Gasteiger partial charge >= 0.3 is 0 Å². The maximum atomic E-state index is 4.96. The average Bonchev–Trinajstić information content (AvgIpc) is 2.07. The van der Waals surface area contributed by atoms with Crippen LogP contribution in [-0.2, 0) is 4.74 Å². The topological polar surface area (TPSA) is 25.4 Å². The van der Waals surface area contributed by atoms with E-state index in [0.717, 1.165) is 5.69 Å². The minimum absolute atomic E-state index is 0.601. The van der Waals surface area contributed by atoms with Gasteiger partial charge in [0.05, 0.1) is 0 Å². The third kappa shape index (κ3) is 2.20. The van der Waals surface area contributed by atoms with Gasteiger partial charge in [0, 0.05) is 32.2 Å². The van der Waals surface area contributed by atoms with E-state index in [4.69, 9.17) is 4.74 Å². The van der Waals surface area contributed by atoms with Gasteiger partial charge in [-0.05, 0) is 12.1 Å². The number of pyridine rings is 1. The molecule has 3 heteroatoms. The van der Waals surface area contributed by atoms with Crippen LogP contribution >= 0.6 is 0 Å². The van der Waals surface area contributed by atoms with Crippen molar-refractivity contribution >= 4 is 5.69 Å². The molecule has 0 aliphatic carbocycles. The fraction of sp³-hybridized carbons (Fsp3) is 0.375. The average molecular weight is 152 g/mol. The SMILES string of the molecule is COCN(C)c1ccncc1. The lowest BCUT2D eigenvalue weighted by molar-refractivity contribution is 0.202. The Morgan fingerprint density at radius 2 is 2.09 bits per heavy atom. The van der Waals surface area contributed by atoms with Crippen LogP contribution < -0.4 is 4.90 Å². The molecule has 0 saturated carbocycles. The second-order valence-corrected chi connectivity index (χ2v) is 2.32. The van der Waals surface area contributed by atoms with Crippen LogP contribution in [0.5, 0.6) is 0 Å². The number of anilines is 1. The Bertz CT molecular complexity index is 201. The molecule has 11 heavy (non-hydrogen) atoms. The number of methoxy groups -OCH3 is 1. The molecule has 0 fully saturated rings. The molecular formula is C8H12N2O. The molecule has 1 aromatic heterocycles. The molecule has 0 atom stereocenters. The Balaban J connectivity index is 2.61. The van der Waals surface area contributed by atoms with E-state index < -0.39 is 0 Å². The van der Waals surface area contributed by atoms with Crippen LogP contribution in [0.4, 0.5) is 5.69 Å². The molecule has 0 saturated heterocycles. The highest BCUT2D eigenvalue weighted by Crippen LogP contribution is 2.08. The van der Waals surface area contributed by atoms with Crippen LogP contribution in [0.25, 0.3) is 0 Å². The molecule has 0 spiro atoms. The number of ether oxygens (including phenoxy) is 1. The molecule has 0 N–H and O–H groups in total. The van der Waals surface area contributed by atoms with E-state index in [2.05, 4.69) is 4.98 Å². The summed E-state index contributed by atoms with van der Waals surface area (Å²) in [6, 6.07) is 3.89. The van der Waals surface area contributed by atoms with Gasteiger partial charge in [-0.15, -0.1) is 0 Å². The van der Waals surface area contributed by atoms with Gasteiger partial charge in [-0.3, -0.25) is 4.98 Å². The largest absolute Gasteiger partial charge is 0.364 e. The number of hydrogen-bond acceptors (Lipinski definition) is 3. The van der Waals surface area contributed by atoms with Crippen LogP contribution in [0.1, 0.15) is 0 Å². The summed E-state index contributed by atoms with van der Waals surface area (Å²) in [4.78, 5) is 5.92. The van der Waals surface area contributed by atoms with Crippen LogP contribution in [0.2, 0.25) is 0 Å². The third-order valence-electron chi connectivity index (χ3n) is 1.43. The second-order valence-electron chi connectivity index (χ2n) is 2.32. The van der Waals surface area contributed by atoms with Gasteiger partial charge < -0.3 is 9.64 Å². The fourth-order valence-electron chi connectivity index (χ4n) is 0.867. The maximum absolute atomic E-state index is 4.96. The van der Waals surface area contributed by atoms with Crippen molar-refractivity contribution in [3.8, 4) is 0 Å². The predicted octanol–water partition coefficient (Wildman–Crippen LogP) is 1.12. The quantitative estimate of drug-likeness (QED) is 0.607. The van der Waals surface area contributed by atoms with Crippen molar-refractivity contribution in [1.82, 2.24) is 4.98 Å². The minimum Gasteiger partial charge on any atom is -0.364 e. The van der Waals surface area contributed by atoms with Gasteiger partial charge in [-0.25, -0.2) is 0 Å². The molecule has 0 bridgehead atoms. The Morgan fingerprint density at radius 3 is 2.64 bits per heavy atom. The molecule has 0 aliphatic rings. The Labute approximate surface area is 66.6 Å². The molecule has 60 valence electrons. The number of rotatable bonds is 3. The standard InChI is InChI=1S/C8H12N2O/c1-10(7-11-2)8-3-5-9-6-4-8/h3-6H,7H2,1-2H3. The van der Waals surface area contributed by atoms with Gasteiger partial charge in [-0.1, -0.05) is 0 Å². The first-order chi connectivity index (χ1) is 5.34. The van der Waals surface area contributed by atoms with Gasteiger partial charge in [0.2, 0.25) is 0 Å². The zero-order valence-electron chi connectivity index (χ0n) is 6.82. The Hall–Kier alpha value is -1.09. The van der Waals surface area contributed by atoms with Crippen molar-refractivity contribution in [2.24, 2.45) is 0 Å². The van der Waals surface area contributed by atoms with Gasteiger partial charge in [-0.2, -0.15) is 0 Å². The lowest BCUT2D eigenvalue weighted by Crippen LogP contribution is -2.19. The van der Waals surface area contributed by atoms with Crippen LogP contribution in [0, 0.1) is 0 Å². The summed E-state index contributed by atoms with van der Waals surface area (Å²) < 4.78 is 4.96. The number of aromatic nitrogens is 1. The molecule has 1 aromatic rings. The fourth-order valence-corrected chi connectivity index (χ4v) is 0.867. The Morgan fingerprint density at radius 1 is 1.45 bits per heavy atom. The van der Waals surface area contributed by atoms with Crippen molar-refractivity contribution in [2.45, 2.75) is 0 Å². The van der Waals surface area contributed by atoms with Gasteiger partial charge in [0.15, 0.2) is 0 Å². The van der Waals surface area contributed by atoms with Crippen molar-refractivity contribution in [3.63, 3.8) is 0 Å². The number of nitrogens with zero attached hydrogens (tertiary/aromatic N) is 2. The lowest BCUT2D eigenvalue weighted by Gasteiger charge is -2.16. The van der Waals surface area contributed by atoms with Gasteiger partial charge in [0.1, 0.15) is 6.73 Å². The first kappa shape index (κ1) is 8.01. The lowest BCUT2D eigenvalue weighted by atomic mass is 10.4. The second kappa shape index (κ2) is 3.93. The highest BCUT2D eigenvalue weighted by Gasteiger charge is 1.96. The van der Waals surface area contributed by atoms with E-state index in [9.17, 15) is 0 Å². The van der Waals surface area contributed by atoms with Gasteiger partial charge in [0.25, 0.3) is 0 Å². The summed E-state index contributed by atoms with van der Waals surface area (Å²) in [7, 11) is 3.65. The summed E-state index contributed by atoms with van der Waals surface area (Å²) in [6.45, 7) is 0.601. The molecule has 0 aromatic carbocycles. The first-order valence-electron chi connectivity index (χ1n) is 3.44. The number of hydrogen-bond donors (Lipinski definition) is 0. The third-order valence-corrected chi connectivity index (χ3v) is 1.43. The van der Waals surface area contributed by atoms with Crippen molar-refractivity contribution < 1.29 is 4.74 Å². The summed E-state index contributed by atoms with van der Waals surface area (Å²) in [5, 5.41) is 0. The normalized spacial score (nSPS) is 9.64. The molecule has 3 nitrogen and oxygen atoms in total. The summed E-state index contributed by atoms with van der Waals surface area (Å²) >= 11 is 0. The first-order valence-corrected chi connectivity index (χ1v) is 3.44. The summed E-state index contributed by atoms with van der Waals surface area (Å²) in [5.74, 6) is 0. The molecular weight excluding hydrogens is 140 g/mol. The maximum Gasteiger partial charge on any atom is 0.118 e. The monoisotopic (exact) mass is 152 g/mol. The molecule has 0 radical (unpaired) electrons. The highest BCUT2D eigenvalue weighted by molar-refractivity contribution is 5.42. The molecule has 1 rings (SSSR count). The molecule has 1 heterocycles. The zero-order chi connectivity index (χ0) is 8.10. The minimum atomic E-state index is 0.601. The molecule has 0 amide bonds. The van der Waals surface area contributed by atoms with Crippen molar-refractivity contribution in [3.05, 3.63) is 24.5 Å². The van der Waals surface area contributed by atoms with E-state index in [1.54, 1.807) is 19.5 Å². The molecule has 0 aliphatic heterocycles. The van der Waals surface area contributed by atoms with Crippen molar-refractivity contribution in [2.75, 3.05) is 25.8 Å². The highest BCUT2D eigenvalue weighted by atomic mass is 16.5. The van der Waals surface area contributed by atoms with E-state index in [1.807, 2.05) is 24.1 Å². The predicted molar refractivity (Wildman–Crippen MR) is 44.5 cm³/mol. The summed E-state index contributed by atoms with van der Waals surface area (Å²) in [6.07, 6.45) is 3.53. The van der Waals surface area contributed by atoms with E-state index >= 15 is 0 Å². The van der Waals surface area contributed by atoms with E-state index in [-0.39, 0.29) is 0 Å². The van der Waals surface area contributed by atoms with Crippen LogP contribution in [0.3, 0.4) is 0 Å². The smallest absolute Gasteiger partial charge is 0.118 e. The van der Waals surface area contributed by atoms with E-state index in [0.29, 0.717) is 6.73 Å². The van der Waals surface area contributed by atoms with Crippen LogP contribution in [-0.4, -0.2) is 25.9 Å². The van der Waals surface area contributed by atoms with Crippen LogP contribution in [0.15, 0.2) is 24.5 Å². The molecule has 0 unspecified atom stereocenters.